The van der Waals surface area contributed by atoms with Crippen LogP contribution in [0.3, 0.4) is 0 Å². The van der Waals surface area contributed by atoms with Crippen LogP contribution in [0.4, 0.5) is 5.69 Å². The van der Waals surface area contributed by atoms with E-state index >= 15 is 0 Å². The number of ether oxygens (including phenoxy) is 1. The third kappa shape index (κ3) is 4.58. The zero-order chi connectivity index (χ0) is 18.4. The topological polar surface area (TPSA) is 55.4 Å². The maximum Gasteiger partial charge on any atom is 0.311 e. The Labute approximate surface area is 156 Å². The molecule has 3 aromatic rings. The molecule has 1 heterocycles. The molecule has 5 heteroatoms. The largest absolute Gasteiger partial charge is 0.452 e. The number of nitrogens with one attached hydrogen (secondary N) is 1. The minimum absolute atomic E-state index is 0.168. The molecular formula is C21H19NO3S. The maximum atomic E-state index is 12.4. The third-order valence-corrected chi connectivity index (χ3v) is 4.61. The summed E-state index contributed by atoms with van der Waals surface area (Å²) in [5, 5.41) is 6.65. The van der Waals surface area contributed by atoms with Gasteiger partial charge in [0.25, 0.3) is 5.91 Å². The van der Waals surface area contributed by atoms with Crippen LogP contribution in [0.15, 0.2) is 71.4 Å². The molecule has 4 nitrogen and oxygen atoms in total. The maximum absolute atomic E-state index is 12.4. The van der Waals surface area contributed by atoms with Crippen molar-refractivity contribution in [3.63, 3.8) is 0 Å². The summed E-state index contributed by atoms with van der Waals surface area (Å²) in [6, 6.07) is 19.2. The fraction of sp³-hybridized carbons (Fsp3) is 0.143. The zero-order valence-electron chi connectivity index (χ0n) is 14.3. The number of para-hydroxylation sites is 1. The van der Waals surface area contributed by atoms with Gasteiger partial charge in [-0.3, -0.25) is 9.59 Å². The van der Waals surface area contributed by atoms with E-state index in [4.69, 9.17) is 4.74 Å². The van der Waals surface area contributed by atoms with Crippen molar-refractivity contribution >= 4 is 28.9 Å². The van der Waals surface area contributed by atoms with Crippen LogP contribution in [0, 0.1) is 0 Å². The number of esters is 1. The number of carbonyl (C=O) groups excluding carboxylic acids is 2. The van der Waals surface area contributed by atoms with Gasteiger partial charge in [-0.1, -0.05) is 48.5 Å². The number of hydrogen-bond donors (Lipinski definition) is 1. The van der Waals surface area contributed by atoms with Crippen molar-refractivity contribution in [3.8, 4) is 11.1 Å². The summed E-state index contributed by atoms with van der Waals surface area (Å²) in [6.45, 7) is 1.58. The molecule has 1 N–H and O–H groups in total. The van der Waals surface area contributed by atoms with Crippen molar-refractivity contribution in [1.82, 2.24) is 0 Å². The lowest BCUT2D eigenvalue weighted by atomic mass is 10.0. The first kappa shape index (κ1) is 17.9. The SMILES string of the molecule is C[C@@H](OC(=O)Cc1ccsc1)C(=O)Nc1ccccc1-c1ccccc1. The van der Waals surface area contributed by atoms with E-state index in [2.05, 4.69) is 5.32 Å². The molecule has 1 atom stereocenters. The van der Waals surface area contributed by atoms with Gasteiger partial charge in [0, 0.05) is 11.3 Å². The van der Waals surface area contributed by atoms with Crippen LogP contribution in [0.2, 0.25) is 0 Å². The van der Waals surface area contributed by atoms with Gasteiger partial charge in [-0.25, -0.2) is 0 Å². The lowest BCUT2D eigenvalue weighted by Crippen LogP contribution is -2.30. The summed E-state index contributed by atoms with van der Waals surface area (Å²) in [5.74, 6) is -0.769. The Hall–Kier alpha value is -2.92. The van der Waals surface area contributed by atoms with Crippen molar-refractivity contribution in [2.45, 2.75) is 19.4 Å². The Morgan fingerprint density at radius 1 is 1.04 bits per heavy atom. The normalized spacial score (nSPS) is 11.6. The van der Waals surface area contributed by atoms with Gasteiger partial charge in [-0.15, -0.1) is 0 Å². The van der Waals surface area contributed by atoms with Crippen LogP contribution in [0.5, 0.6) is 0 Å². The quantitative estimate of drug-likeness (QED) is 0.653. The van der Waals surface area contributed by atoms with Gasteiger partial charge >= 0.3 is 5.97 Å². The van der Waals surface area contributed by atoms with Gasteiger partial charge in [-0.2, -0.15) is 11.3 Å². The van der Waals surface area contributed by atoms with Crippen LogP contribution in [0.25, 0.3) is 11.1 Å². The molecular weight excluding hydrogens is 346 g/mol. The van der Waals surface area contributed by atoms with Crippen LogP contribution < -0.4 is 5.32 Å². The Morgan fingerprint density at radius 3 is 2.50 bits per heavy atom. The molecule has 0 saturated carbocycles. The summed E-state index contributed by atoms with van der Waals surface area (Å²) in [4.78, 5) is 24.4. The number of hydrogen-bond acceptors (Lipinski definition) is 4. The number of carbonyl (C=O) groups is 2. The molecule has 1 aromatic heterocycles. The van der Waals surface area contributed by atoms with E-state index in [1.807, 2.05) is 71.4 Å². The molecule has 26 heavy (non-hydrogen) atoms. The summed E-state index contributed by atoms with van der Waals surface area (Å²) in [6.07, 6.45) is -0.702. The van der Waals surface area contributed by atoms with E-state index < -0.39 is 12.1 Å². The molecule has 2 aromatic carbocycles. The summed E-state index contributed by atoms with van der Waals surface area (Å²) in [7, 11) is 0. The highest BCUT2D eigenvalue weighted by Gasteiger charge is 2.19. The van der Waals surface area contributed by atoms with E-state index in [1.54, 1.807) is 6.92 Å². The number of anilines is 1. The van der Waals surface area contributed by atoms with Crippen LogP contribution in [-0.2, 0) is 20.7 Å². The monoisotopic (exact) mass is 365 g/mol. The molecule has 0 unspecified atom stereocenters. The van der Waals surface area contributed by atoms with Gasteiger partial charge in [0.2, 0.25) is 0 Å². The minimum Gasteiger partial charge on any atom is -0.452 e. The Morgan fingerprint density at radius 2 is 1.77 bits per heavy atom. The average Bonchev–Trinajstić information content (AvgIpc) is 3.15. The smallest absolute Gasteiger partial charge is 0.311 e. The first-order valence-electron chi connectivity index (χ1n) is 8.29. The second kappa shape index (κ2) is 8.45. The molecule has 0 fully saturated rings. The average molecular weight is 365 g/mol. The number of amides is 1. The Balaban J connectivity index is 1.65. The van der Waals surface area contributed by atoms with Gasteiger partial charge in [0.15, 0.2) is 6.10 Å². The van der Waals surface area contributed by atoms with Crippen LogP contribution >= 0.6 is 11.3 Å². The van der Waals surface area contributed by atoms with E-state index in [1.165, 1.54) is 11.3 Å². The van der Waals surface area contributed by atoms with Crippen molar-refractivity contribution < 1.29 is 14.3 Å². The highest BCUT2D eigenvalue weighted by Crippen LogP contribution is 2.27. The fourth-order valence-electron chi connectivity index (χ4n) is 2.55. The second-order valence-corrected chi connectivity index (χ2v) is 6.62. The standard InChI is InChI=1S/C21H19NO3S/c1-15(25-20(23)13-16-11-12-26-14-16)21(24)22-19-10-6-5-9-18(19)17-7-3-2-4-8-17/h2-12,14-15H,13H2,1H3,(H,22,24)/t15-/m1/s1. The number of thiophene rings is 1. The first-order chi connectivity index (χ1) is 12.6. The van der Waals surface area contributed by atoms with E-state index in [9.17, 15) is 9.59 Å². The molecule has 0 aliphatic heterocycles. The molecule has 0 bridgehead atoms. The molecule has 0 aliphatic carbocycles. The van der Waals surface area contributed by atoms with Gasteiger partial charge in [0.1, 0.15) is 0 Å². The van der Waals surface area contributed by atoms with Gasteiger partial charge in [-0.05, 0) is 40.9 Å². The van der Waals surface area contributed by atoms with Crippen LogP contribution in [0.1, 0.15) is 12.5 Å². The highest BCUT2D eigenvalue weighted by molar-refractivity contribution is 7.08. The summed E-state index contributed by atoms with van der Waals surface area (Å²) >= 11 is 1.52. The lowest BCUT2D eigenvalue weighted by molar-refractivity contribution is -0.152. The Bertz CT molecular complexity index is 875. The minimum atomic E-state index is -0.870. The van der Waals surface area contributed by atoms with Crippen molar-refractivity contribution in [2.75, 3.05) is 5.32 Å². The molecule has 0 radical (unpaired) electrons. The first-order valence-corrected chi connectivity index (χ1v) is 9.23. The second-order valence-electron chi connectivity index (χ2n) is 5.84. The van der Waals surface area contributed by atoms with Crippen molar-refractivity contribution in [3.05, 3.63) is 77.0 Å². The lowest BCUT2D eigenvalue weighted by Gasteiger charge is -2.15. The van der Waals surface area contributed by atoms with Crippen molar-refractivity contribution in [1.29, 1.82) is 0 Å². The number of benzene rings is 2. The van der Waals surface area contributed by atoms with E-state index in [0.717, 1.165) is 16.7 Å². The Kier molecular flexibility index (Phi) is 5.81. The number of rotatable bonds is 6. The third-order valence-electron chi connectivity index (χ3n) is 3.88. The summed E-state index contributed by atoms with van der Waals surface area (Å²) in [5.41, 5.74) is 3.50. The molecule has 3 rings (SSSR count). The van der Waals surface area contributed by atoms with E-state index in [-0.39, 0.29) is 12.3 Å². The highest BCUT2D eigenvalue weighted by atomic mass is 32.1. The van der Waals surface area contributed by atoms with E-state index in [0.29, 0.717) is 5.69 Å². The molecule has 0 spiro atoms. The molecule has 1 amide bonds. The van der Waals surface area contributed by atoms with Crippen LogP contribution in [-0.4, -0.2) is 18.0 Å². The molecule has 132 valence electrons. The summed E-state index contributed by atoms with van der Waals surface area (Å²) < 4.78 is 5.26. The zero-order valence-corrected chi connectivity index (χ0v) is 15.2. The predicted molar refractivity (Wildman–Crippen MR) is 104 cm³/mol. The fourth-order valence-corrected chi connectivity index (χ4v) is 3.22. The molecule has 0 saturated heterocycles. The van der Waals surface area contributed by atoms with Gasteiger partial charge in [0.05, 0.1) is 6.42 Å². The molecule has 0 aliphatic rings. The predicted octanol–water partition coefficient (Wildman–Crippen LogP) is 4.53. The van der Waals surface area contributed by atoms with Crippen molar-refractivity contribution in [2.24, 2.45) is 0 Å². The van der Waals surface area contributed by atoms with Gasteiger partial charge < -0.3 is 10.1 Å².